The first-order valence-electron chi connectivity index (χ1n) is 2.48. The second kappa shape index (κ2) is 2.45. The van der Waals surface area contributed by atoms with Gasteiger partial charge in [0.15, 0.2) is 0 Å². The lowest BCUT2D eigenvalue weighted by molar-refractivity contribution is 0.191. The third-order valence-corrected chi connectivity index (χ3v) is 1.10. The molecule has 1 aliphatic heterocycles. The van der Waals surface area contributed by atoms with Gasteiger partial charge in [-0.05, 0) is 0 Å². The van der Waals surface area contributed by atoms with Crippen LogP contribution in [0.4, 0.5) is 0 Å². The summed E-state index contributed by atoms with van der Waals surface area (Å²) in [6, 6.07) is 0. The van der Waals surface area contributed by atoms with Crippen LogP contribution in [0.1, 0.15) is 0 Å². The summed E-state index contributed by atoms with van der Waals surface area (Å²) < 4.78 is 4.79. The molecule has 3 N–H and O–H groups in total. The van der Waals surface area contributed by atoms with Crippen molar-refractivity contribution in [3.8, 4) is 0 Å². The van der Waals surface area contributed by atoms with Crippen molar-refractivity contribution >= 4 is 7.12 Å². The number of hydrogen-bond acceptors (Lipinski definition) is 4. The van der Waals surface area contributed by atoms with Gasteiger partial charge >= 0.3 is 7.12 Å². The lowest BCUT2D eigenvalue weighted by atomic mass is 9.81. The number of rotatable bonds is 1. The van der Waals surface area contributed by atoms with E-state index < -0.39 is 7.12 Å². The molecule has 0 radical (unpaired) electrons. The maximum atomic E-state index is 8.47. The Balaban J connectivity index is 2.24. The van der Waals surface area contributed by atoms with Crippen LogP contribution < -0.4 is 5.32 Å². The predicted molar refractivity (Wildman–Crippen MR) is 27.9 cm³/mol. The van der Waals surface area contributed by atoms with Crippen LogP contribution in [0.2, 0.25) is 0 Å². The van der Waals surface area contributed by atoms with E-state index in [-0.39, 0.29) is 5.94 Å². The molecule has 1 rings (SSSR count). The minimum atomic E-state index is -1.29. The van der Waals surface area contributed by atoms with E-state index in [4.69, 9.17) is 14.8 Å². The lowest BCUT2D eigenvalue weighted by Gasteiger charge is -2.02. The largest absolute Gasteiger partial charge is 0.472 e. The van der Waals surface area contributed by atoms with Gasteiger partial charge in [-0.3, -0.25) is 5.32 Å². The summed E-state index contributed by atoms with van der Waals surface area (Å²) in [5.74, 6) is -0.296. The Morgan fingerprint density at radius 2 is 2.38 bits per heavy atom. The van der Waals surface area contributed by atoms with Crippen molar-refractivity contribution in [3.05, 3.63) is 0 Å². The van der Waals surface area contributed by atoms with Gasteiger partial charge in [-0.15, -0.1) is 0 Å². The first-order valence-corrected chi connectivity index (χ1v) is 2.48. The number of ether oxygens (including phenoxy) is 1. The van der Waals surface area contributed by atoms with Gasteiger partial charge < -0.3 is 14.8 Å². The minimum absolute atomic E-state index is 0.296. The monoisotopic (exact) mass is 117 g/mol. The lowest BCUT2D eigenvalue weighted by Crippen LogP contribution is -2.40. The molecule has 0 aromatic heterocycles. The normalized spacial score (nSPS) is 28.5. The topological polar surface area (TPSA) is 61.7 Å². The van der Waals surface area contributed by atoms with E-state index in [1.807, 2.05) is 0 Å². The molecule has 46 valence electrons. The van der Waals surface area contributed by atoms with Gasteiger partial charge in [0.1, 0.15) is 0 Å². The zero-order valence-corrected chi connectivity index (χ0v) is 4.37. The van der Waals surface area contributed by atoms with Crippen LogP contribution in [0.5, 0.6) is 0 Å². The molecule has 5 heteroatoms. The van der Waals surface area contributed by atoms with E-state index in [1.165, 1.54) is 0 Å². The van der Waals surface area contributed by atoms with E-state index in [0.717, 1.165) is 0 Å². The predicted octanol–water partition coefficient (Wildman–Crippen LogP) is -2.06. The third kappa shape index (κ3) is 1.19. The molecule has 4 nitrogen and oxygen atoms in total. The van der Waals surface area contributed by atoms with E-state index in [1.54, 1.807) is 0 Å². The highest BCUT2D eigenvalue weighted by Gasteiger charge is 2.26. The zero-order chi connectivity index (χ0) is 5.98. The molecular formula is C3H8BNO3. The van der Waals surface area contributed by atoms with E-state index >= 15 is 0 Å². The summed E-state index contributed by atoms with van der Waals surface area (Å²) in [6.45, 7) is 0.806. The Morgan fingerprint density at radius 1 is 1.62 bits per heavy atom. The van der Waals surface area contributed by atoms with E-state index in [0.29, 0.717) is 13.3 Å². The Kier molecular flexibility index (Phi) is 1.85. The van der Waals surface area contributed by atoms with Gasteiger partial charge in [-0.25, -0.2) is 0 Å². The molecule has 0 aliphatic carbocycles. The molecule has 1 heterocycles. The number of hydrogen-bond donors (Lipinski definition) is 3. The summed E-state index contributed by atoms with van der Waals surface area (Å²) in [7, 11) is -1.29. The third-order valence-electron chi connectivity index (χ3n) is 1.10. The Bertz CT molecular complexity index is 72.9. The molecule has 1 saturated heterocycles. The van der Waals surface area contributed by atoms with Crippen molar-refractivity contribution in [1.29, 1.82) is 0 Å². The smallest absolute Gasteiger partial charge is 0.426 e. The molecule has 0 aromatic carbocycles. The van der Waals surface area contributed by atoms with Crippen LogP contribution in [0.15, 0.2) is 0 Å². The molecule has 1 fully saturated rings. The second-order valence-corrected chi connectivity index (χ2v) is 1.74. The first-order chi connectivity index (χ1) is 3.80. The quantitative estimate of drug-likeness (QED) is 0.346. The molecule has 0 saturated carbocycles. The zero-order valence-electron chi connectivity index (χ0n) is 4.37. The van der Waals surface area contributed by atoms with Crippen molar-refractivity contribution in [2.24, 2.45) is 0 Å². The maximum absolute atomic E-state index is 8.47. The SMILES string of the molecule is OB(O)C1COCN1. The fourth-order valence-electron chi connectivity index (χ4n) is 0.602. The molecule has 0 amide bonds. The highest BCUT2D eigenvalue weighted by molar-refractivity contribution is 6.43. The van der Waals surface area contributed by atoms with Crippen LogP contribution in [0.25, 0.3) is 0 Å². The summed E-state index contributed by atoms with van der Waals surface area (Å²) in [5.41, 5.74) is 0. The molecule has 1 unspecified atom stereocenters. The average molecular weight is 117 g/mol. The molecule has 8 heavy (non-hydrogen) atoms. The fourth-order valence-corrected chi connectivity index (χ4v) is 0.602. The summed E-state index contributed by atoms with van der Waals surface area (Å²) in [4.78, 5) is 0. The van der Waals surface area contributed by atoms with Crippen LogP contribution >= 0.6 is 0 Å². The van der Waals surface area contributed by atoms with Crippen molar-refractivity contribution in [3.63, 3.8) is 0 Å². The summed E-state index contributed by atoms with van der Waals surface area (Å²) in [6.07, 6.45) is 0. The first kappa shape index (κ1) is 6.03. The molecule has 0 spiro atoms. The number of nitrogens with one attached hydrogen (secondary N) is 1. The van der Waals surface area contributed by atoms with E-state index in [9.17, 15) is 0 Å². The average Bonchev–Trinajstić information content (AvgIpc) is 2.12. The highest BCUT2D eigenvalue weighted by Crippen LogP contribution is 1.93. The Labute approximate surface area is 47.6 Å². The van der Waals surface area contributed by atoms with Crippen LogP contribution in [0, 0.1) is 0 Å². The van der Waals surface area contributed by atoms with Crippen molar-refractivity contribution in [2.45, 2.75) is 5.94 Å². The standard InChI is InChI=1S/C3H8BNO3/c6-4(7)3-1-8-2-5-3/h3,5-7H,1-2H2. The van der Waals surface area contributed by atoms with Crippen LogP contribution in [-0.2, 0) is 4.74 Å². The highest BCUT2D eigenvalue weighted by atomic mass is 16.5. The Morgan fingerprint density at radius 3 is 2.62 bits per heavy atom. The van der Waals surface area contributed by atoms with Gasteiger partial charge in [0.25, 0.3) is 0 Å². The van der Waals surface area contributed by atoms with Gasteiger partial charge in [0, 0.05) is 0 Å². The minimum Gasteiger partial charge on any atom is -0.426 e. The van der Waals surface area contributed by atoms with Gasteiger partial charge in [0.05, 0.1) is 19.3 Å². The van der Waals surface area contributed by atoms with Crippen molar-refractivity contribution in [2.75, 3.05) is 13.3 Å². The Hall–Kier alpha value is -0.0951. The summed E-state index contributed by atoms with van der Waals surface area (Å²) in [5, 5.41) is 19.7. The molecule has 0 bridgehead atoms. The summed E-state index contributed by atoms with van der Waals surface area (Å²) >= 11 is 0. The van der Waals surface area contributed by atoms with Crippen LogP contribution in [0.3, 0.4) is 0 Å². The fraction of sp³-hybridized carbons (Fsp3) is 1.00. The van der Waals surface area contributed by atoms with Gasteiger partial charge in [-0.2, -0.15) is 0 Å². The molecule has 1 aliphatic rings. The van der Waals surface area contributed by atoms with Crippen molar-refractivity contribution in [1.82, 2.24) is 5.32 Å². The van der Waals surface area contributed by atoms with E-state index in [2.05, 4.69) is 5.32 Å². The molecule has 0 aromatic rings. The van der Waals surface area contributed by atoms with Gasteiger partial charge in [0.2, 0.25) is 0 Å². The molecular weight excluding hydrogens is 109 g/mol. The maximum Gasteiger partial charge on any atom is 0.472 e. The van der Waals surface area contributed by atoms with Crippen LogP contribution in [-0.4, -0.2) is 36.4 Å². The molecule has 1 atom stereocenters. The van der Waals surface area contributed by atoms with Gasteiger partial charge in [-0.1, -0.05) is 0 Å². The second-order valence-electron chi connectivity index (χ2n) is 1.74. The van der Waals surface area contributed by atoms with Crippen molar-refractivity contribution < 1.29 is 14.8 Å².